The van der Waals surface area contributed by atoms with Crippen LogP contribution in [0.5, 0.6) is 11.5 Å². The predicted octanol–water partition coefficient (Wildman–Crippen LogP) is 2.85. The van der Waals surface area contributed by atoms with E-state index in [1.807, 2.05) is 31.5 Å². The van der Waals surface area contributed by atoms with Gasteiger partial charge in [0.25, 0.3) is 0 Å². The van der Waals surface area contributed by atoms with Crippen LogP contribution in [0, 0.1) is 0 Å². The van der Waals surface area contributed by atoms with Crippen LogP contribution in [0.2, 0.25) is 0 Å². The number of nitrogens with zero attached hydrogens (tertiary/aromatic N) is 2. The molecular formula is C18H24F2N4O2. The zero-order valence-corrected chi connectivity index (χ0v) is 14.9. The number of hydrogen-bond acceptors (Lipinski definition) is 3. The summed E-state index contributed by atoms with van der Waals surface area (Å²) in [5.41, 5.74) is 0.550. The van der Waals surface area contributed by atoms with E-state index < -0.39 is 6.61 Å². The van der Waals surface area contributed by atoms with Crippen LogP contribution in [0.4, 0.5) is 8.78 Å². The Hall–Kier alpha value is -2.77. The van der Waals surface area contributed by atoms with Gasteiger partial charge in [0.2, 0.25) is 0 Å². The van der Waals surface area contributed by atoms with Gasteiger partial charge in [-0.2, -0.15) is 8.78 Å². The van der Waals surface area contributed by atoms with Crippen molar-refractivity contribution in [2.75, 3.05) is 20.2 Å². The largest absolute Gasteiger partial charge is 0.497 e. The number of rotatable bonds is 9. The van der Waals surface area contributed by atoms with Gasteiger partial charge in [0.05, 0.1) is 13.7 Å². The molecular weight excluding hydrogens is 342 g/mol. The maximum atomic E-state index is 12.6. The third-order valence-electron chi connectivity index (χ3n) is 3.57. The van der Waals surface area contributed by atoms with E-state index in [2.05, 4.69) is 24.9 Å². The van der Waals surface area contributed by atoms with Gasteiger partial charge in [-0.15, -0.1) is 0 Å². The molecule has 0 aliphatic rings. The zero-order valence-electron chi connectivity index (χ0n) is 14.9. The van der Waals surface area contributed by atoms with Gasteiger partial charge < -0.3 is 24.7 Å². The minimum Gasteiger partial charge on any atom is -0.497 e. The molecule has 2 rings (SSSR count). The smallest absolute Gasteiger partial charge is 0.387 e. The number of aromatic nitrogens is 1. The molecule has 0 aliphatic carbocycles. The van der Waals surface area contributed by atoms with E-state index in [0.29, 0.717) is 30.4 Å². The Bertz CT molecular complexity index is 691. The molecule has 2 N–H and O–H groups in total. The van der Waals surface area contributed by atoms with E-state index in [4.69, 9.17) is 4.74 Å². The Morgan fingerprint density at radius 2 is 2.00 bits per heavy atom. The number of methoxy groups -OCH3 is 1. The zero-order chi connectivity index (χ0) is 18.8. The highest BCUT2D eigenvalue weighted by Crippen LogP contribution is 2.27. The van der Waals surface area contributed by atoms with Gasteiger partial charge in [-0.1, -0.05) is 0 Å². The SMILES string of the molecule is CCNC(=NCc1ccc(OC)cc1OC(F)F)NCCn1cccc1. The number of alkyl halides is 2. The maximum absolute atomic E-state index is 12.6. The van der Waals surface area contributed by atoms with E-state index in [-0.39, 0.29) is 12.3 Å². The normalized spacial score (nSPS) is 11.5. The minimum absolute atomic E-state index is 0.0614. The van der Waals surface area contributed by atoms with Crippen molar-refractivity contribution >= 4 is 5.96 Å². The third kappa shape index (κ3) is 6.27. The molecule has 142 valence electrons. The molecule has 0 unspecified atom stereocenters. The molecule has 0 aliphatic heterocycles. The molecule has 1 aromatic carbocycles. The Balaban J connectivity index is 2.02. The summed E-state index contributed by atoms with van der Waals surface area (Å²) in [6.07, 6.45) is 3.97. The number of aliphatic imine (C=N–C) groups is 1. The monoisotopic (exact) mass is 366 g/mol. The highest BCUT2D eigenvalue weighted by atomic mass is 19.3. The van der Waals surface area contributed by atoms with E-state index in [1.165, 1.54) is 13.2 Å². The first kappa shape index (κ1) is 19.6. The number of guanidine groups is 1. The first-order valence-electron chi connectivity index (χ1n) is 8.37. The second-order valence-corrected chi connectivity index (χ2v) is 5.39. The summed E-state index contributed by atoms with van der Waals surface area (Å²) in [7, 11) is 1.47. The van der Waals surface area contributed by atoms with Crippen molar-refractivity contribution in [1.82, 2.24) is 15.2 Å². The van der Waals surface area contributed by atoms with Crippen LogP contribution in [0.25, 0.3) is 0 Å². The summed E-state index contributed by atoms with van der Waals surface area (Å²) < 4.78 is 37.0. The third-order valence-corrected chi connectivity index (χ3v) is 3.57. The van der Waals surface area contributed by atoms with Crippen molar-refractivity contribution in [1.29, 1.82) is 0 Å². The van der Waals surface area contributed by atoms with Gasteiger partial charge in [0, 0.05) is 43.7 Å². The van der Waals surface area contributed by atoms with E-state index in [9.17, 15) is 8.78 Å². The van der Waals surface area contributed by atoms with Crippen molar-refractivity contribution < 1.29 is 18.3 Å². The number of halogens is 2. The van der Waals surface area contributed by atoms with Crippen LogP contribution >= 0.6 is 0 Å². The van der Waals surface area contributed by atoms with Gasteiger partial charge in [-0.05, 0) is 31.2 Å². The molecule has 0 radical (unpaired) electrons. The van der Waals surface area contributed by atoms with Crippen LogP contribution in [-0.4, -0.2) is 37.3 Å². The molecule has 8 heteroatoms. The summed E-state index contributed by atoms with van der Waals surface area (Å²) in [6, 6.07) is 8.73. The molecule has 0 spiro atoms. The summed E-state index contributed by atoms with van der Waals surface area (Å²) in [5, 5.41) is 6.35. The van der Waals surface area contributed by atoms with Crippen molar-refractivity contribution in [2.24, 2.45) is 4.99 Å². The quantitative estimate of drug-likeness (QED) is 0.529. The molecule has 0 fully saturated rings. The van der Waals surface area contributed by atoms with Crippen molar-refractivity contribution in [2.45, 2.75) is 26.6 Å². The highest BCUT2D eigenvalue weighted by Gasteiger charge is 2.11. The second kappa shape index (κ2) is 10.3. The fourth-order valence-corrected chi connectivity index (χ4v) is 2.33. The van der Waals surface area contributed by atoms with E-state index in [0.717, 1.165) is 6.54 Å². The molecule has 2 aromatic rings. The summed E-state index contributed by atoms with van der Waals surface area (Å²) in [6.45, 7) is 1.42. The average Bonchev–Trinajstić information content (AvgIpc) is 3.13. The lowest BCUT2D eigenvalue weighted by Crippen LogP contribution is -2.38. The van der Waals surface area contributed by atoms with Gasteiger partial charge >= 0.3 is 6.61 Å². The fourth-order valence-electron chi connectivity index (χ4n) is 2.33. The molecule has 0 bridgehead atoms. The molecule has 0 saturated carbocycles. The number of benzene rings is 1. The lowest BCUT2D eigenvalue weighted by molar-refractivity contribution is -0.0505. The summed E-state index contributed by atoms with van der Waals surface area (Å²) >= 11 is 0. The Morgan fingerprint density at radius 3 is 2.65 bits per heavy atom. The van der Waals surface area contributed by atoms with Crippen molar-refractivity contribution in [3.8, 4) is 11.5 Å². The van der Waals surface area contributed by atoms with Crippen LogP contribution in [0.1, 0.15) is 12.5 Å². The second-order valence-electron chi connectivity index (χ2n) is 5.39. The molecule has 0 atom stereocenters. The summed E-state index contributed by atoms with van der Waals surface area (Å²) in [5.74, 6) is 1.12. The van der Waals surface area contributed by atoms with Gasteiger partial charge in [0.15, 0.2) is 5.96 Å². The number of nitrogens with one attached hydrogen (secondary N) is 2. The summed E-state index contributed by atoms with van der Waals surface area (Å²) in [4.78, 5) is 4.45. The van der Waals surface area contributed by atoms with Gasteiger partial charge in [-0.25, -0.2) is 4.99 Å². The Kier molecular flexibility index (Phi) is 7.73. The number of hydrogen-bond donors (Lipinski definition) is 2. The lowest BCUT2D eigenvalue weighted by atomic mass is 10.2. The fraction of sp³-hybridized carbons (Fsp3) is 0.389. The van der Waals surface area contributed by atoms with Crippen LogP contribution < -0.4 is 20.1 Å². The molecule has 6 nitrogen and oxygen atoms in total. The van der Waals surface area contributed by atoms with Gasteiger partial charge in [0.1, 0.15) is 11.5 Å². The standard InChI is InChI=1S/C18H24F2N4O2/c1-3-21-18(22-8-11-24-9-4-5-10-24)23-13-14-6-7-15(25-2)12-16(14)26-17(19)20/h4-7,9-10,12,17H,3,8,11,13H2,1-2H3,(H2,21,22,23). The number of ether oxygens (including phenoxy) is 2. The first-order valence-corrected chi connectivity index (χ1v) is 8.37. The maximum Gasteiger partial charge on any atom is 0.387 e. The van der Waals surface area contributed by atoms with E-state index in [1.54, 1.807) is 12.1 Å². The van der Waals surface area contributed by atoms with Gasteiger partial charge in [-0.3, -0.25) is 0 Å². The van der Waals surface area contributed by atoms with Crippen molar-refractivity contribution in [3.05, 3.63) is 48.3 Å². The predicted molar refractivity (Wildman–Crippen MR) is 96.9 cm³/mol. The van der Waals surface area contributed by atoms with Crippen LogP contribution in [0.15, 0.2) is 47.7 Å². The van der Waals surface area contributed by atoms with E-state index >= 15 is 0 Å². The van der Waals surface area contributed by atoms with Crippen LogP contribution in [0.3, 0.4) is 0 Å². The average molecular weight is 366 g/mol. The highest BCUT2D eigenvalue weighted by molar-refractivity contribution is 5.79. The Labute approximate surface area is 151 Å². The minimum atomic E-state index is -2.90. The molecule has 0 amide bonds. The molecule has 1 heterocycles. The van der Waals surface area contributed by atoms with Crippen molar-refractivity contribution in [3.63, 3.8) is 0 Å². The lowest BCUT2D eigenvalue weighted by Gasteiger charge is -2.14. The molecule has 26 heavy (non-hydrogen) atoms. The topological polar surface area (TPSA) is 59.8 Å². The molecule has 1 aromatic heterocycles. The van der Waals surface area contributed by atoms with Crippen LogP contribution in [-0.2, 0) is 13.1 Å². The first-order chi connectivity index (χ1) is 12.6. The Morgan fingerprint density at radius 1 is 1.23 bits per heavy atom. The molecule has 0 saturated heterocycles.